The van der Waals surface area contributed by atoms with Gasteiger partial charge in [0.15, 0.2) is 11.4 Å². The molecule has 3 rings (SSSR count). The highest BCUT2D eigenvalue weighted by Gasteiger charge is 2.25. The van der Waals surface area contributed by atoms with Crippen molar-refractivity contribution in [3.63, 3.8) is 0 Å². The van der Waals surface area contributed by atoms with Gasteiger partial charge >= 0.3 is 5.97 Å². The Balaban J connectivity index is 1.78. The molecule has 0 spiro atoms. The summed E-state index contributed by atoms with van der Waals surface area (Å²) < 4.78 is 7.70. The molecule has 1 N–H and O–H groups in total. The van der Waals surface area contributed by atoms with Gasteiger partial charge in [0, 0.05) is 11.7 Å². The van der Waals surface area contributed by atoms with Crippen molar-refractivity contribution in [1.29, 1.82) is 0 Å². The Morgan fingerprint density at radius 2 is 2.30 bits per heavy atom. The van der Waals surface area contributed by atoms with Gasteiger partial charge in [0.05, 0.1) is 18.2 Å². The second-order valence-corrected chi connectivity index (χ2v) is 4.92. The molecule has 0 atom stereocenters. The molecule has 6 heteroatoms. The van der Waals surface area contributed by atoms with Crippen molar-refractivity contribution in [2.75, 3.05) is 0 Å². The lowest BCUT2D eigenvalue weighted by atomic mass is 10.3. The topological polar surface area (TPSA) is 77.2 Å². The molecule has 2 heterocycles. The molecule has 1 aliphatic carbocycles. The Bertz CT molecular complexity index is 647. The minimum Gasteiger partial charge on any atom is -0.485 e. The van der Waals surface area contributed by atoms with Crippen molar-refractivity contribution in [2.24, 2.45) is 0 Å². The van der Waals surface area contributed by atoms with Crippen LogP contribution >= 0.6 is 0 Å². The SMILES string of the molecule is Cc1ccc(OCc2cncn2C2CC2)c(C(=O)O)n1. The predicted molar refractivity (Wildman–Crippen MR) is 70.8 cm³/mol. The molecule has 1 fully saturated rings. The summed E-state index contributed by atoms with van der Waals surface area (Å²) in [5.74, 6) is -0.800. The molecule has 0 aromatic carbocycles. The van der Waals surface area contributed by atoms with E-state index < -0.39 is 5.97 Å². The average Bonchev–Trinajstić information content (AvgIpc) is 3.16. The number of carbonyl (C=O) groups is 1. The summed E-state index contributed by atoms with van der Waals surface area (Å²) in [7, 11) is 0. The smallest absolute Gasteiger partial charge is 0.358 e. The van der Waals surface area contributed by atoms with Gasteiger partial charge in [-0.25, -0.2) is 14.8 Å². The molecule has 0 unspecified atom stereocenters. The number of ether oxygens (including phenoxy) is 1. The van der Waals surface area contributed by atoms with Crippen LogP contribution in [-0.4, -0.2) is 25.6 Å². The number of hydrogen-bond acceptors (Lipinski definition) is 4. The average molecular weight is 273 g/mol. The van der Waals surface area contributed by atoms with Crippen molar-refractivity contribution >= 4 is 5.97 Å². The van der Waals surface area contributed by atoms with E-state index in [4.69, 9.17) is 9.84 Å². The Labute approximate surface area is 116 Å². The van der Waals surface area contributed by atoms with E-state index >= 15 is 0 Å². The van der Waals surface area contributed by atoms with Crippen LogP contribution in [0, 0.1) is 6.92 Å². The van der Waals surface area contributed by atoms with E-state index in [0.29, 0.717) is 18.3 Å². The molecule has 0 amide bonds. The first-order chi connectivity index (χ1) is 9.65. The number of aryl methyl sites for hydroxylation is 1. The van der Waals surface area contributed by atoms with Crippen molar-refractivity contribution in [3.05, 3.63) is 41.7 Å². The van der Waals surface area contributed by atoms with Crippen LogP contribution in [-0.2, 0) is 6.61 Å². The van der Waals surface area contributed by atoms with Crippen LogP contribution in [0.15, 0.2) is 24.7 Å². The summed E-state index contributed by atoms with van der Waals surface area (Å²) in [6.07, 6.45) is 5.87. The number of aromatic nitrogens is 3. The zero-order chi connectivity index (χ0) is 14.1. The molecule has 0 saturated heterocycles. The molecule has 0 aliphatic heterocycles. The number of pyridine rings is 1. The lowest BCUT2D eigenvalue weighted by Gasteiger charge is -2.10. The number of aromatic carboxylic acids is 1. The van der Waals surface area contributed by atoms with Crippen LogP contribution in [0.3, 0.4) is 0 Å². The Kier molecular flexibility index (Phi) is 3.14. The summed E-state index contributed by atoms with van der Waals surface area (Å²) in [4.78, 5) is 19.3. The normalized spacial score (nSPS) is 14.2. The van der Waals surface area contributed by atoms with Crippen LogP contribution in [0.25, 0.3) is 0 Å². The fourth-order valence-corrected chi connectivity index (χ4v) is 2.09. The van der Waals surface area contributed by atoms with Crippen molar-refractivity contribution in [3.8, 4) is 5.75 Å². The summed E-state index contributed by atoms with van der Waals surface area (Å²) >= 11 is 0. The van der Waals surface area contributed by atoms with Crippen LogP contribution in [0.1, 0.15) is 40.8 Å². The van der Waals surface area contributed by atoms with Crippen LogP contribution < -0.4 is 4.74 Å². The highest BCUT2D eigenvalue weighted by Crippen LogP contribution is 2.35. The number of rotatable bonds is 5. The van der Waals surface area contributed by atoms with Crippen molar-refractivity contribution < 1.29 is 14.6 Å². The zero-order valence-corrected chi connectivity index (χ0v) is 11.1. The maximum atomic E-state index is 11.2. The molecular formula is C14H15N3O3. The number of carboxylic acid groups (broad SMARTS) is 1. The Morgan fingerprint density at radius 3 is 3.00 bits per heavy atom. The molecule has 1 aliphatic rings. The van der Waals surface area contributed by atoms with Gasteiger partial charge in [-0.3, -0.25) is 0 Å². The maximum absolute atomic E-state index is 11.2. The lowest BCUT2D eigenvalue weighted by molar-refractivity contribution is 0.0684. The molecule has 0 radical (unpaired) electrons. The second kappa shape index (κ2) is 4.96. The second-order valence-electron chi connectivity index (χ2n) is 4.92. The molecule has 2 aromatic heterocycles. The van der Waals surface area contributed by atoms with Gasteiger partial charge in [-0.2, -0.15) is 0 Å². The highest BCUT2D eigenvalue weighted by molar-refractivity contribution is 5.88. The van der Waals surface area contributed by atoms with Gasteiger partial charge in [0.25, 0.3) is 0 Å². The van der Waals surface area contributed by atoms with E-state index in [9.17, 15) is 4.79 Å². The predicted octanol–water partition coefficient (Wildman–Crippen LogP) is 2.20. The van der Waals surface area contributed by atoms with Gasteiger partial charge < -0.3 is 14.4 Å². The van der Waals surface area contributed by atoms with E-state index in [1.165, 1.54) is 0 Å². The van der Waals surface area contributed by atoms with Crippen molar-refractivity contribution in [2.45, 2.75) is 32.4 Å². The van der Waals surface area contributed by atoms with E-state index in [0.717, 1.165) is 18.5 Å². The Hall–Kier alpha value is -2.37. The molecule has 104 valence electrons. The summed E-state index contributed by atoms with van der Waals surface area (Å²) in [6, 6.07) is 3.90. The van der Waals surface area contributed by atoms with Gasteiger partial charge in [0.2, 0.25) is 0 Å². The standard InChI is InChI=1S/C14H15N3O3/c1-9-2-5-12(13(16-9)14(18)19)20-7-11-6-15-8-17(11)10-3-4-10/h2,5-6,8,10H,3-4,7H2,1H3,(H,18,19). The monoisotopic (exact) mass is 273 g/mol. The fourth-order valence-electron chi connectivity index (χ4n) is 2.09. The number of nitrogens with zero attached hydrogens (tertiary/aromatic N) is 3. The summed E-state index contributed by atoms with van der Waals surface area (Å²) in [5.41, 5.74) is 1.55. The number of carboxylic acids is 1. The number of imidazole rings is 1. The maximum Gasteiger partial charge on any atom is 0.358 e. The third kappa shape index (κ3) is 2.49. The Morgan fingerprint density at radius 1 is 1.50 bits per heavy atom. The first-order valence-electron chi connectivity index (χ1n) is 6.49. The minimum atomic E-state index is -1.08. The third-order valence-electron chi connectivity index (χ3n) is 3.26. The summed E-state index contributed by atoms with van der Waals surface area (Å²) in [5, 5.41) is 9.14. The van der Waals surface area contributed by atoms with E-state index in [2.05, 4.69) is 14.5 Å². The van der Waals surface area contributed by atoms with Crippen molar-refractivity contribution in [1.82, 2.24) is 14.5 Å². The molecular weight excluding hydrogens is 258 g/mol. The first-order valence-corrected chi connectivity index (χ1v) is 6.49. The van der Waals surface area contributed by atoms with Gasteiger partial charge in [0.1, 0.15) is 6.61 Å². The van der Waals surface area contributed by atoms with Gasteiger partial charge in [-0.15, -0.1) is 0 Å². The zero-order valence-electron chi connectivity index (χ0n) is 11.1. The molecule has 6 nitrogen and oxygen atoms in total. The van der Waals surface area contributed by atoms with Crippen LogP contribution in [0.4, 0.5) is 0 Å². The van der Waals surface area contributed by atoms with Gasteiger partial charge in [-0.1, -0.05) is 0 Å². The molecule has 0 bridgehead atoms. The van der Waals surface area contributed by atoms with E-state index in [-0.39, 0.29) is 11.4 Å². The molecule has 2 aromatic rings. The quantitative estimate of drug-likeness (QED) is 0.903. The number of hydrogen-bond donors (Lipinski definition) is 1. The minimum absolute atomic E-state index is 0.0533. The van der Waals surface area contributed by atoms with E-state index in [1.807, 2.05) is 0 Å². The molecule has 20 heavy (non-hydrogen) atoms. The molecule has 1 saturated carbocycles. The highest BCUT2D eigenvalue weighted by atomic mass is 16.5. The van der Waals surface area contributed by atoms with Crippen LogP contribution in [0.2, 0.25) is 0 Å². The fraction of sp³-hybridized carbons (Fsp3) is 0.357. The van der Waals surface area contributed by atoms with E-state index in [1.54, 1.807) is 31.6 Å². The first kappa shape index (κ1) is 12.7. The lowest BCUT2D eigenvalue weighted by Crippen LogP contribution is -2.09. The van der Waals surface area contributed by atoms with Gasteiger partial charge in [-0.05, 0) is 31.9 Å². The summed E-state index contributed by atoms with van der Waals surface area (Å²) in [6.45, 7) is 2.04. The van der Waals surface area contributed by atoms with Crippen LogP contribution in [0.5, 0.6) is 5.75 Å². The third-order valence-corrected chi connectivity index (χ3v) is 3.26. The largest absolute Gasteiger partial charge is 0.485 e.